The minimum atomic E-state index is -0.407. The molecule has 2 heterocycles. The van der Waals surface area contributed by atoms with Gasteiger partial charge in [-0.05, 0) is 61.4 Å². The van der Waals surface area contributed by atoms with Crippen molar-refractivity contribution in [3.8, 4) is 6.07 Å². The van der Waals surface area contributed by atoms with Crippen LogP contribution in [-0.4, -0.2) is 45.3 Å². The fourth-order valence-corrected chi connectivity index (χ4v) is 4.51. The summed E-state index contributed by atoms with van der Waals surface area (Å²) < 4.78 is 10.5. The molecule has 11 nitrogen and oxygen atoms in total. The predicted octanol–water partition coefficient (Wildman–Crippen LogP) is 5.01. The third-order valence-corrected chi connectivity index (χ3v) is 6.77. The van der Waals surface area contributed by atoms with Crippen LogP contribution < -0.4 is 21.3 Å². The van der Waals surface area contributed by atoms with Gasteiger partial charge in [0, 0.05) is 51.1 Å². The normalized spacial score (nSPS) is 11.6. The van der Waals surface area contributed by atoms with Crippen LogP contribution in [0.15, 0.2) is 73.1 Å². The zero-order chi connectivity index (χ0) is 33.2. The lowest BCUT2D eigenvalue weighted by molar-refractivity contribution is 0.0945. The summed E-state index contributed by atoms with van der Waals surface area (Å²) in [6.07, 6.45) is 7.52. The van der Waals surface area contributed by atoms with Crippen LogP contribution in [0.4, 0.5) is 11.4 Å². The van der Waals surface area contributed by atoms with E-state index in [2.05, 4.69) is 32.7 Å². The number of hydrogen-bond donors (Lipinski definition) is 5. The SMILES string of the molecule is [H]/N=C(\CCNC(=O)c1cc(NC(=O)c2cc(NC(=O)c3ccc(C=Cc4ccc(C#N)cc4)cc3)cn2C)cn1C)NC(C)C. The molecule has 4 rings (SSSR count). The van der Waals surface area contributed by atoms with Crippen molar-refractivity contribution < 1.29 is 15.8 Å². The van der Waals surface area contributed by atoms with Crippen LogP contribution in [-0.2, 0) is 14.1 Å². The molecule has 0 aliphatic carbocycles. The Kier molecular flexibility index (Phi) is 9.87. The topological polar surface area (TPSA) is 157 Å². The Balaban J connectivity index is 1.32. The molecule has 0 radical (unpaired) electrons. The minimum Gasteiger partial charge on any atom is -0.372 e. The van der Waals surface area contributed by atoms with Crippen molar-refractivity contribution in [2.24, 2.45) is 14.1 Å². The maximum absolute atomic E-state index is 13.1. The van der Waals surface area contributed by atoms with Gasteiger partial charge in [-0.1, -0.05) is 36.4 Å². The molecule has 4 aromatic rings. The number of rotatable bonds is 11. The molecular weight excluding hydrogens is 568 g/mol. The number of nitriles is 1. The van der Waals surface area contributed by atoms with E-state index in [-0.39, 0.29) is 17.9 Å². The first kappa shape index (κ1) is 30.6. The van der Waals surface area contributed by atoms with Crippen LogP contribution in [0.1, 0.15) is 68.3 Å². The molecule has 2 aromatic heterocycles. The van der Waals surface area contributed by atoms with E-state index >= 15 is 0 Å². The van der Waals surface area contributed by atoms with Gasteiger partial charge in [0.15, 0.2) is 1.41 Å². The zero-order valence-corrected chi connectivity index (χ0v) is 25.6. The van der Waals surface area contributed by atoms with Gasteiger partial charge >= 0.3 is 0 Å². The standard InChI is InChI=1S/C34H36N8O3/c1-22(2)38-31(36)15-16-37-33(44)29-17-28(21-41(29)3)40-34(45)30-18-27(20-42(30)4)39-32(43)26-13-11-24(12-14-26)6-5-23-7-9-25(19-35)10-8-23/h5-14,17-18,20-22H,15-16H2,1-4H3,(H2,36,38)(H,37,44)(H,39,43)(H,40,45). The van der Waals surface area contributed by atoms with Crippen molar-refractivity contribution in [1.82, 2.24) is 19.8 Å². The first-order valence-corrected chi connectivity index (χ1v) is 14.4. The number of amides is 3. The Morgan fingerprint density at radius 1 is 0.867 bits per heavy atom. The van der Waals surface area contributed by atoms with Crippen molar-refractivity contribution in [2.45, 2.75) is 26.3 Å². The second kappa shape index (κ2) is 14.5. The van der Waals surface area contributed by atoms with Gasteiger partial charge in [-0.15, -0.1) is 0 Å². The van der Waals surface area contributed by atoms with E-state index in [1.54, 1.807) is 72.0 Å². The molecule has 0 unspecified atom stereocenters. The number of anilines is 2. The Hall–Kier alpha value is -5.89. The van der Waals surface area contributed by atoms with Gasteiger partial charge in [-0.2, -0.15) is 5.26 Å². The van der Waals surface area contributed by atoms with E-state index in [1.165, 1.54) is 0 Å². The molecule has 11 heteroatoms. The molecule has 0 saturated heterocycles. The van der Waals surface area contributed by atoms with Crippen molar-refractivity contribution >= 4 is 47.1 Å². The Labute approximate surface area is 263 Å². The predicted molar refractivity (Wildman–Crippen MR) is 176 cm³/mol. The number of aromatic nitrogens is 2. The Bertz CT molecular complexity index is 1810. The van der Waals surface area contributed by atoms with Crippen molar-refractivity contribution in [3.05, 3.63) is 107 Å². The van der Waals surface area contributed by atoms with Crippen LogP contribution in [0.5, 0.6) is 0 Å². The second-order valence-corrected chi connectivity index (χ2v) is 10.8. The summed E-state index contributed by atoms with van der Waals surface area (Å²) in [5.74, 6) is -0.568. The monoisotopic (exact) mass is 604 g/mol. The average Bonchev–Trinajstić information content (AvgIpc) is 3.60. The quantitative estimate of drug-likeness (QED) is 0.0925. The molecule has 45 heavy (non-hydrogen) atoms. The Morgan fingerprint density at radius 2 is 1.40 bits per heavy atom. The van der Waals surface area contributed by atoms with Crippen LogP contribution >= 0.6 is 0 Å². The fourth-order valence-electron chi connectivity index (χ4n) is 4.51. The van der Waals surface area contributed by atoms with Gasteiger partial charge in [-0.3, -0.25) is 19.8 Å². The van der Waals surface area contributed by atoms with E-state index in [0.717, 1.165) is 11.1 Å². The molecule has 0 saturated carbocycles. The maximum atomic E-state index is 13.1. The largest absolute Gasteiger partial charge is 0.372 e. The summed E-state index contributed by atoms with van der Waals surface area (Å²) in [7, 11) is 3.40. The molecule has 0 aliphatic rings. The van der Waals surface area contributed by atoms with Gasteiger partial charge in [0.25, 0.3) is 17.7 Å². The molecule has 0 aliphatic heterocycles. The third kappa shape index (κ3) is 8.81. The summed E-state index contributed by atoms with van der Waals surface area (Å²) in [6, 6.07) is 19.7. The molecular formula is C34H36N8O3. The van der Waals surface area contributed by atoms with Crippen molar-refractivity contribution in [1.29, 1.82) is 10.7 Å². The molecule has 0 spiro atoms. The molecule has 0 bridgehead atoms. The van der Waals surface area contributed by atoms with Crippen molar-refractivity contribution in [3.63, 3.8) is 0 Å². The number of benzene rings is 2. The summed E-state index contributed by atoms with van der Waals surface area (Å²) in [5, 5.41) is 23.9. The zero-order valence-electron chi connectivity index (χ0n) is 26.6. The lowest BCUT2D eigenvalue weighted by atomic mass is 10.1. The molecule has 230 valence electrons. The lowest BCUT2D eigenvalue weighted by Crippen LogP contribution is -2.34. The number of amidine groups is 1. The molecule has 0 atom stereocenters. The summed E-state index contributed by atoms with van der Waals surface area (Å²) in [5.41, 5.74) is 4.49. The van der Waals surface area contributed by atoms with Crippen LogP contribution in [0, 0.1) is 16.7 Å². The van der Waals surface area contributed by atoms with Crippen molar-refractivity contribution in [2.75, 3.05) is 17.2 Å². The smallest absolute Gasteiger partial charge is 0.272 e. The number of nitrogens with one attached hydrogen (secondary N) is 5. The van der Waals surface area contributed by atoms with E-state index in [1.807, 2.05) is 50.3 Å². The van der Waals surface area contributed by atoms with Crippen LogP contribution in [0.25, 0.3) is 12.2 Å². The Morgan fingerprint density at radius 3 is 1.93 bits per heavy atom. The summed E-state index contributed by atoms with van der Waals surface area (Å²) in [4.78, 5) is 38.7. The van der Waals surface area contributed by atoms with E-state index in [9.17, 15) is 14.4 Å². The molecule has 0 fully saturated rings. The first-order chi connectivity index (χ1) is 22.1. The highest BCUT2D eigenvalue weighted by molar-refractivity contribution is 6.07. The number of nitrogens with zero attached hydrogens (tertiary/aromatic N) is 3. The third-order valence-electron chi connectivity index (χ3n) is 6.77. The van der Waals surface area contributed by atoms with Gasteiger partial charge in [-0.25, -0.2) is 0 Å². The maximum Gasteiger partial charge on any atom is 0.272 e. The van der Waals surface area contributed by atoms with Gasteiger partial charge < -0.3 is 30.4 Å². The van der Waals surface area contributed by atoms with Crippen LogP contribution in [0.2, 0.25) is 1.41 Å². The first-order valence-electron chi connectivity index (χ1n) is 14.8. The molecule has 3 amide bonds. The molecule has 2 aromatic carbocycles. The highest BCUT2D eigenvalue weighted by Gasteiger charge is 2.17. The average molecular weight is 605 g/mol. The van der Waals surface area contributed by atoms with E-state index in [4.69, 9.17) is 6.67 Å². The van der Waals surface area contributed by atoms with Gasteiger partial charge in [0.1, 0.15) is 11.4 Å². The second-order valence-electron chi connectivity index (χ2n) is 10.8. The van der Waals surface area contributed by atoms with Gasteiger partial charge in [0.2, 0.25) is 0 Å². The van der Waals surface area contributed by atoms with E-state index in [0.29, 0.717) is 52.7 Å². The van der Waals surface area contributed by atoms with E-state index < -0.39 is 5.91 Å². The fraction of sp³-hybridized carbons (Fsp3) is 0.206. The van der Waals surface area contributed by atoms with Crippen LogP contribution in [0.3, 0.4) is 0 Å². The number of hydrogen-bond acceptors (Lipinski definition) is 5. The number of carbonyl (C=O) groups is 3. The highest BCUT2D eigenvalue weighted by Crippen LogP contribution is 2.19. The number of aryl methyl sites for hydroxylation is 2. The van der Waals surface area contributed by atoms with Gasteiger partial charge in [0.05, 0.1) is 28.8 Å². The summed E-state index contributed by atoms with van der Waals surface area (Å²) >= 11 is 0. The number of carbonyl (C=O) groups excluding carboxylic acids is 3. The highest BCUT2D eigenvalue weighted by atomic mass is 16.2. The minimum absolute atomic E-state index is 0.129. The summed E-state index contributed by atoms with van der Waals surface area (Å²) in [6.45, 7) is 4.18. The molecule has 5 N–H and O–H groups in total. The lowest BCUT2D eigenvalue weighted by Gasteiger charge is -2.11.